The highest BCUT2D eigenvalue weighted by atomic mass is 79.9. The lowest BCUT2D eigenvalue weighted by molar-refractivity contribution is -0.127. The first-order chi connectivity index (χ1) is 11.6. The van der Waals surface area contributed by atoms with E-state index in [2.05, 4.69) is 26.6 Å². The van der Waals surface area contributed by atoms with E-state index in [1.165, 1.54) is 6.20 Å². The highest BCUT2D eigenvalue weighted by molar-refractivity contribution is 9.10. The minimum absolute atomic E-state index is 0.00941. The van der Waals surface area contributed by atoms with Crippen LogP contribution < -0.4 is 10.6 Å². The number of nitriles is 1. The molecule has 0 atom stereocenters. The predicted octanol–water partition coefficient (Wildman–Crippen LogP) is 2.40. The van der Waals surface area contributed by atoms with Crippen molar-refractivity contribution in [1.29, 1.82) is 5.26 Å². The van der Waals surface area contributed by atoms with Crippen molar-refractivity contribution < 1.29 is 9.59 Å². The van der Waals surface area contributed by atoms with E-state index in [1.54, 1.807) is 12.1 Å². The van der Waals surface area contributed by atoms with Gasteiger partial charge in [-0.05, 0) is 37.1 Å². The molecule has 1 aliphatic heterocycles. The van der Waals surface area contributed by atoms with Gasteiger partial charge in [-0.2, -0.15) is 5.26 Å². The third-order valence-electron chi connectivity index (χ3n) is 3.63. The van der Waals surface area contributed by atoms with Crippen molar-refractivity contribution in [3.8, 4) is 6.07 Å². The van der Waals surface area contributed by atoms with E-state index in [0.717, 1.165) is 23.9 Å². The second kappa shape index (κ2) is 9.08. The zero-order valence-electron chi connectivity index (χ0n) is 13.2. The molecule has 1 saturated heterocycles. The van der Waals surface area contributed by atoms with Crippen molar-refractivity contribution in [3.05, 3.63) is 40.5 Å². The van der Waals surface area contributed by atoms with Crippen molar-refractivity contribution in [2.45, 2.75) is 19.3 Å². The van der Waals surface area contributed by atoms with E-state index in [9.17, 15) is 9.59 Å². The molecule has 24 heavy (non-hydrogen) atoms. The maximum absolute atomic E-state index is 12.0. The Kier molecular flexibility index (Phi) is 6.82. The third-order valence-corrected chi connectivity index (χ3v) is 4.16. The van der Waals surface area contributed by atoms with Crippen LogP contribution in [0.3, 0.4) is 0 Å². The first-order valence-electron chi connectivity index (χ1n) is 7.78. The van der Waals surface area contributed by atoms with Gasteiger partial charge in [-0.15, -0.1) is 0 Å². The van der Waals surface area contributed by atoms with Gasteiger partial charge in [0.2, 0.25) is 5.91 Å². The van der Waals surface area contributed by atoms with Crippen molar-refractivity contribution in [2.75, 3.05) is 25.0 Å². The lowest BCUT2D eigenvalue weighted by atomic mass is 10.2. The van der Waals surface area contributed by atoms with Gasteiger partial charge in [0.1, 0.15) is 11.6 Å². The third kappa shape index (κ3) is 5.39. The van der Waals surface area contributed by atoms with Crippen molar-refractivity contribution in [1.82, 2.24) is 10.2 Å². The van der Waals surface area contributed by atoms with Gasteiger partial charge in [0.15, 0.2) is 0 Å². The Morgan fingerprint density at radius 1 is 1.38 bits per heavy atom. The molecule has 0 spiro atoms. The Bertz CT molecular complexity index is 664. The van der Waals surface area contributed by atoms with Gasteiger partial charge >= 0.3 is 0 Å². The van der Waals surface area contributed by atoms with E-state index < -0.39 is 5.91 Å². The number of rotatable bonds is 7. The van der Waals surface area contributed by atoms with Gasteiger partial charge < -0.3 is 15.5 Å². The van der Waals surface area contributed by atoms with E-state index in [4.69, 9.17) is 5.26 Å². The molecule has 2 N–H and O–H groups in total. The Balaban J connectivity index is 1.76. The number of anilines is 1. The molecule has 1 aromatic carbocycles. The summed E-state index contributed by atoms with van der Waals surface area (Å²) >= 11 is 3.32. The molecule has 2 amide bonds. The average molecular weight is 391 g/mol. The maximum Gasteiger partial charge on any atom is 0.267 e. The molecule has 1 heterocycles. The normalized spacial score (nSPS) is 14.4. The zero-order valence-corrected chi connectivity index (χ0v) is 14.8. The summed E-state index contributed by atoms with van der Waals surface area (Å²) in [5.74, 6) is -0.251. The molecule has 0 aliphatic carbocycles. The van der Waals surface area contributed by atoms with Gasteiger partial charge in [0.05, 0.1) is 0 Å². The molecule has 126 valence electrons. The van der Waals surface area contributed by atoms with E-state index >= 15 is 0 Å². The molecule has 0 aromatic heterocycles. The van der Waals surface area contributed by atoms with Gasteiger partial charge in [-0.25, -0.2) is 0 Å². The molecule has 0 radical (unpaired) electrons. The lowest BCUT2D eigenvalue weighted by Crippen LogP contribution is -2.27. The SMILES string of the molecule is N#C/C(=C/NCCCN1CCCC1=O)C(=O)Nc1ccc(Br)cc1. The molecule has 6 nitrogen and oxygen atoms in total. The number of carbonyl (C=O) groups is 2. The molecular weight excluding hydrogens is 372 g/mol. The number of carbonyl (C=O) groups excluding carboxylic acids is 2. The summed E-state index contributed by atoms with van der Waals surface area (Å²) < 4.78 is 0.912. The summed E-state index contributed by atoms with van der Waals surface area (Å²) in [7, 11) is 0. The molecular formula is C17H19BrN4O2. The first-order valence-corrected chi connectivity index (χ1v) is 8.58. The number of likely N-dealkylation sites (tertiary alicyclic amines) is 1. The largest absolute Gasteiger partial charge is 0.390 e. The van der Waals surface area contributed by atoms with Crippen molar-refractivity contribution >= 4 is 33.4 Å². The van der Waals surface area contributed by atoms with Gasteiger partial charge in [-0.3, -0.25) is 9.59 Å². The number of nitrogens with one attached hydrogen (secondary N) is 2. The Labute approximate surface area is 149 Å². The number of hydrogen-bond donors (Lipinski definition) is 2. The molecule has 0 saturated carbocycles. The van der Waals surface area contributed by atoms with Crippen LogP contribution in [0.2, 0.25) is 0 Å². The van der Waals surface area contributed by atoms with E-state index in [0.29, 0.717) is 25.2 Å². The van der Waals surface area contributed by atoms with Crippen molar-refractivity contribution in [3.63, 3.8) is 0 Å². The van der Waals surface area contributed by atoms with E-state index in [-0.39, 0.29) is 11.5 Å². The standard InChI is InChI=1S/C17H19BrN4O2/c18-14-4-6-15(7-5-14)21-17(24)13(11-19)12-20-8-2-10-22-9-1-3-16(22)23/h4-7,12,20H,1-3,8-10H2,(H,21,24)/b13-12-. The summed E-state index contributed by atoms with van der Waals surface area (Å²) in [6.45, 7) is 2.13. The van der Waals surface area contributed by atoms with Gasteiger partial charge in [0.25, 0.3) is 5.91 Å². The fourth-order valence-corrected chi connectivity index (χ4v) is 2.63. The van der Waals surface area contributed by atoms with Crippen LogP contribution in [0.4, 0.5) is 5.69 Å². The summed E-state index contributed by atoms with van der Waals surface area (Å²) in [5.41, 5.74) is 0.632. The summed E-state index contributed by atoms with van der Waals surface area (Å²) in [6, 6.07) is 9.00. The monoisotopic (exact) mass is 390 g/mol. The lowest BCUT2D eigenvalue weighted by Gasteiger charge is -2.14. The van der Waals surface area contributed by atoms with Crippen LogP contribution in [0, 0.1) is 11.3 Å². The topological polar surface area (TPSA) is 85.2 Å². The smallest absolute Gasteiger partial charge is 0.267 e. The number of nitrogens with zero attached hydrogens (tertiary/aromatic N) is 2. The minimum atomic E-state index is -0.456. The number of hydrogen-bond acceptors (Lipinski definition) is 4. The Hall–Kier alpha value is -2.33. The summed E-state index contributed by atoms with van der Waals surface area (Å²) in [4.78, 5) is 25.4. The quantitative estimate of drug-likeness (QED) is 0.425. The van der Waals surface area contributed by atoms with Crippen LogP contribution in [0.1, 0.15) is 19.3 Å². The fourth-order valence-electron chi connectivity index (χ4n) is 2.37. The Morgan fingerprint density at radius 2 is 2.12 bits per heavy atom. The van der Waals surface area contributed by atoms with Crippen LogP contribution in [-0.2, 0) is 9.59 Å². The van der Waals surface area contributed by atoms with Crippen LogP contribution >= 0.6 is 15.9 Å². The fraction of sp³-hybridized carbons (Fsp3) is 0.353. The minimum Gasteiger partial charge on any atom is -0.390 e. The highest BCUT2D eigenvalue weighted by Gasteiger charge is 2.18. The van der Waals surface area contributed by atoms with Crippen LogP contribution in [0.15, 0.2) is 40.5 Å². The molecule has 0 bridgehead atoms. The molecule has 2 rings (SSSR count). The van der Waals surface area contributed by atoms with Crippen LogP contribution in [0.25, 0.3) is 0 Å². The number of benzene rings is 1. The first kappa shape index (κ1) is 18.0. The van der Waals surface area contributed by atoms with Gasteiger partial charge in [0, 0.05) is 42.4 Å². The second-order valence-corrected chi connectivity index (χ2v) is 6.34. The number of amides is 2. The second-order valence-electron chi connectivity index (χ2n) is 5.42. The van der Waals surface area contributed by atoms with Crippen molar-refractivity contribution in [2.24, 2.45) is 0 Å². The summed E-state index contributed by atoms with van der Waals surface area (Å²) in [6.07, 6.45) is 3.76. The predicted molar refractivity (Wildman–Crippen MR) is 94.9 cm³/mol. The highest BCUT2D eigenvalue weighted by Crippen LogP contribution is 2.14. The maximum atomic E-state index is 12.0. The number of halogens is 1. The molecule has 1 aliphatic rings. The average Bonchev–Trinajstić information content (AvgIpc) is 2.98. The molecule has 1 aromatic rings. The molecule has 0 unspecified atom stereocenters. The Morgan fingerprint density at radius 3 is 2.75 bits per heavy atom. The van der Waals surface area contributed by atoms with Gasteiger partial charge in [-0.1, -0.05) is 15.9 Å². The van der Waals surface area contributed by atoms with Crippen LogP contribution in [-0.4, -0.2) is 36.3 Å². The summed E-state index contributed by atoms with van der Waals surface area (Å²) in [5, 5.41) is 14.7. The van der Waals surface area contributed by atoms with Crippen LogP contribution in [0.5, 0.6) is 0 Å². The molecule has 7 heteroatoms. The van der Waals surface area contributed by atoms with E-state index in [1.807, 2.05) is 23.1 Å². The molecule has 1 fully saturated rings. The zero-order chi connectivity index (χ0) is 17.4.